The molecule has 0 amide bonds. The first-order chi connectivity index (χ1) is 10.9. The molecular formula is C21H21N. The zero-order valence-electron chi connectivity index (χ0n) is 13.2. The quantitative estimate of drug-likeness (QED) is 0.577. The first kappa shape index (κ1) is 13.4. The normalized spacial score (nSPS) is 15.7. The van der Waals surface area contributed by atoms with Crippen molar-refractivity contribution in [3.8, 4) is 11.1 Å². The Hall–Kier alpha value is -2.28. The lowest BCUT2D eigenvalue weighted by Crippen LogP contribution is -2.24. The van der Waals surface area contributed by atoms with E-state index in [0.717, 1.165) is 0 Å². The van der Waals surface area contributed by atoms with Crippen LogP contribution >= 0.6 is 0 Å². The van der Waals surface area contributed by atoms with Crippen LogP contribution in [0.2, 0.25) is 0 Å². The second-order valence-corrected chi connectivity index (χ2v) is 5.87. The number of aryl methyl sites for hydroxylation is 1. The van der Waals surface area contributed by atoms with Gasteiger partial charge in [0.25, 0.3) is 0 Å². The highest BCUT2D eigenvalue weighted by Crippen LogP contribution is 2.57. The number of aromatic amines is 1. The number of rotatable bonds is 0. The average molecular weight is 287 g/mol. The molecule has 1 heteroatoms. The van der Waals surface area contributed by atoms with Gasteiger partial charge >= 0.3 is 0 Å². The molecule has 0 saturated carbocycles. The predicted molar refractivity (Wildman–Crippen MR) is 92.2 cm³/mol. The van der Waals surface area contributed by atoms with Crippen LogP contribution in [0, 0.1) is 0 Å². The number of benzene rings is 2. The van der Waals surface area contributed by atoms with E-state index in [9.17, 15) is 0 Å². The molecule has 0 aliphatic heterocycles. The van der Waals surface area contributed by atoms with Crippen molar-refractivity contribution < 1.29 is 0 Å². The second-order valence-electron chi connectivity index (χ2n) is 5.87. The van der Waals surface area contributed by atoms with Gasteiger partial charge in [-0.2, -0.15) is 0 Å². The molecule has 110 valence electrons. The maximum Gasteiger partial charge on any atom is 0.0619 e. The Morgan fingerprint density at radius 1 is 0.818 bits per heavy atom. The van der Waals surface area contributed by atoms with Crippen LogP contribution in [0.15, 0.2) is 60.8 Å². The fraction of sp³-hybridized carbons (Fsp3) is 0.238. The molecule has 5 rings (SSSR count). The lowest BCUT2D eigenvalue weighted by atomic mass is 9.76. The van der Waals surface area contributed by atoms with E-state index in [-0.39, 0.29) is 5.41 Å². The maximum absolute atomic E-state index is 3.53. The van der Waals surface area contributed by atoms with Crippen molar-refractivity contribution in [3.05, 3.63) is 83.2 Å². The van der Waals surface area contributed by atoms with E-state index in [0.29, 0.717) is 0 Å². The van der Waals surface area contributed by atoms with Crippen molar-refractivity contribution >= 4 is 0 Å². The van der Waals surface area contributed by atoms with Gasteiger partial charge in [-0.1, -0.05) is 62.4 Å². The van der Waals surface area contributed by atoms with E-state index in [2.05, 4.69) is 65.8 Å². The molecule has 1 aromatic heterocycles. The molecule has 1 nitrogen and oxygen atoms in total. The molecular weight excluding hydrogens is 266 g/mol. The highest BCUT2D eigenvalue weighted by Gasteiger charge is 2.48. The number of fused-ring (bicyclic) bond motifs is 7. The summed E-state index contributed by atoms with van der Waals surface area (Å²) < 4.78 is 0. The molecule has 0 fully saturated rings. The van der Waals surface area contributed by atoms with Gasteiger partial charge < -0.3 is 4.98 Å². The summed E-state index contributed by atoms with van der Waals surface area (Å²) in [6.07, 6.45) is 4.44. The van der Waals surface area contributed by atoms with Crippen LogP contribution in [0.5, 0.6) is 0 Å². The van der Waals surface area contributed by atoms with Crippen LogP contribution in [0.4, 0.5) is 0 Å². The number of aromatic nitrogens is 1. The Labute approximate surface area is 132 Å². The molecule has 3 aromatic rings. The van der Waals surface area contributed by atoms with Gasteiger partial charge in [0.1, 0.15) is 0 Å². The third kappa shape index (κ3) is 1.49. The van der Waals surface area contributed by atoms with Crippen LogP contribution in [0.3, 0.4) is 0 Å². The van der Waals surface area contributed by atoms with Crippen LogP contribution in [0.25, 0.3) is 11.1 Å². The predicted octanol–water partition coefficient (Wildman–Crippen LogP) is 5.30. The fourth-order valence-corrected chi connectivity index (χ4v) is 4.32. The number of nitrogens with one attached hydrogen (secondary N) is 1. The molecule has 0 unspecified atom stereocenters. The van der Waals surface area contributed by atoms with Crippen molar-refractivity contribution in [1.29, 1.82) is 0 Å². The van der Waals surface area contributed by atoms with Crippen molar-refractivity contribution in [2.45, 2.75) is 32.1 Å². The number of H-pyrrole nitrogens is 1. The van der Waals surface area contributed by atoms with Crippen LogP contribution < -0.4 is 0 Å². The van der Waals surface area contributed by atoms with E-state index in [1.54, 1.807) is 0 Å². The summed E-state index contributed by atoms with van der Waals surface area (Å²) >= 11 is 0. The van der Waals surface area contributed by atoms with Crippen molar-refractivity contribution in [1.82, 2.24) is 4.98 Å². The Morgan fingerprint density at radius 3 is 2.05 bits per heavy atom. The minimum atomic E-state index is 0.0615. The number of hydrogen-bond donors (Lipinski definition) is 1. The summed E-state index contributed by atoms with van der Waals surface area (Å²) in [7, 11) is 0. The smallest absolute Gasteiger partial charge is 0.0619 e. The summed E-state index contributed by atoms with van der Waals surface area (Å²) in [6, 6.07) is 20.1. The van der Waals surface area contributed by atoms with Crippen LogP contribution in [-0.4, -0.2) is 4.98 Å². The van der Waals surface area contributed by atoms with E-state index in [1.807, 2.05) is 13.8 Å². The molecule has 2 aliphatic carbocycles. The maximum atomic E-state index is 3.53. The van der Waals surface area contributed by atoms with Gasteiger partial charge in [-0.05, 0) is 46.7 Å². The van der Waals surface area contributed by atoms with Gasteiger partial charge in [0.2, 0.25) is 0 Å². The molecule has 22 heavy (non-hydrogen) atoms. The Balaban J connectivity index is 0.000000602. The third-order valence-electron chi connectivity index (χ3n) is 5.09. The molecule has 0 saturated heterocycles. The summed E-state index contributed by atoms with van der Waals surface area (Å²) in [5.41, 5.74) is 8.72. The third-order valence-corrected chi connectivity index (χ3v) is 5.09. The molecule has 2 aromatic carbocycles. The molecule has 1 N–H and O–H groups in total. The van der Waals surface area contributed by atoms with Gasteiger partial charge in [0.05, 0.1) is 5.41 Å². The molecule has 1 spiro atoms. The highest BCUT2D eigenvalue weighted by molar-refractivity contribution is 5.83. The van der Waals surface area contributed by atoms with E-state index in [4.69, 9.17) is 0 Å². The van der Waals surface area contributed by atoms with Gasteiger partial charge in [-0.15, -0.1) is 0 Å². The van der Waals surface area contributed by atoms with Crippen LogP contribution in [0.1, 0.15) is 42.7 Å². The Morgan fingerprint density at radius 2 is 1.41 bits per heavy atom. The topological polar surface area (TPSA) is 15.8 Å². The summed E-state index contributed by atoms with van der Waals surface area (Å²) in [4.78, 5) is 3.53. The second kappa shape index (κ2) is 4.88. The lowest BCUT2D eigenvalue weighted by molar-refractivity contribution is 0.610. The summed E-state index contributed by atoms with van der Waals surface area (Å²) in [5, 5.41) is 0. The minimum Gasteiger partial charge on any atom is -0.364 e. The molecule has 0 bridgehead atoms. The minimum absolute atomic E-state index is 0.0615. The SMILES string of the molecule is CC.c1ccc2c(c1)-c1ccccc1C21CCc2cc[nH]c21. The van der Waals surface area contributed by atoms with Crippen LogP contribution in [-0.2, 0) is 11.8 Å². The van der Waals surface area contributed by atoms with Gasteiger partial charge in [-0.3, -0.25) is 0 Å². The van der Waals surface area contributed by atoms with Gasteiger partial charge in [0, 0.05) is 11.9 Å². The average Bonchev–Trinajstić information content (AvgIpc) is 3.26. The van der Waals surface area contributed by atoms with Crippen molar-refractivity contribution in [3.63, 3.8) is 0 Å². The summed E-state index contributed by atoms with van der Waals surface area (Å²) in [5.74, 6) is 0. The van der Waals surface area contributed by atoms with Gasteiger partial charge in [0.15, 0.2) is 0 Å². The zero-order chi connectivity index (χ0) is 15.2. The summed E-state index contributed by atoms with van der Waals surface area (Å²) in [6.45, 7) is 4.00. The Kier molecular flexibility index (Phi) is 2.97. The first-order valence-electron chi connectivity index (χ1n) is 8.27. The lowest BCUT2D eigenvalue weighted by Gasteiger charge is -2.27. The first-order valence-corrected chi connectivity index (χ1v) is 8.27. The fourth-order valence-electron chi connectivity index (χ4n) is 4.32. The monoisotopic (exact) mass is 287 g/mol. The number of hydrogen-bond acceptors (Lipinski definition) is 0. The zero-order valence-corrected chi connectivity index (χ0v) is 13.2. The molecule has 2 aliphatic rings. The van der Waals surface area contributed by atoms with E-state index in [1.165, 1.54) is 46.4 Å². The highest BCUT2D eigenvalue weighted by atomic mass is 14.8. The Bertz CT molecular complexity index is 780. The molecule has 1 heterocycles. The van der Waals surface area contributed by atoms with E-state index < -0.39 is 0 Å². The van der Waals surface area contributed by atoms with Crippen molar-refractivity contribution in [2.75, 3.05) is 0 Å². The van der Waals surface area contributed by atoms with E-state index >= 15 is 0 Å². The molecule has 0 atom stereocenters. The largest absolute Gasteiger partial charge is 0.364 e. The van der Waals surface area contributed by atoms with Gasteiger partial charge in [-0.25, -0.2) is 0 Å². The standard InChI is InChI=1S/C19H15N.C2H6/c1-3-7-16-14(5-1)15-6-2-4-8-17(15)19(16)11-9-13-10-12-20-18(13)19;1-2/h1-8,10,12,20H,9,11H2;1-2H3. The molecule has 0 radical (unpaired) electrons. The van der Waals surface area contributed by atoms with Crippen molar-refractivity contribution in [2.24, 2.45) is 0 Å².